The third kappa shape index (κ3) is 1.49. The predicted molar refractivity (Wildman–Crippen MR) is 47.7 cm³/mol. The van der Waals surface area contributed by atoms with Crippen LogP contribution in [0.25, 0.3) is 0 Å². The van der Waals surface area contributed by atoms with Crippen LogP contribution in [0.3, 0.4) is 0 Å². The van der Waals surface area contributed by atoms with Gasteiger partial charge in [0.25, 0.3) is 5.91 Å². The first-order chi connectivity index (χ1) is 6.39. The van der Waals surface area contributed by atoms with Gasteiger partial charge in [-0.05, 0) is 19.8 Å². The summed E-state index contributed by atoms with van der Waals surface area (Å²) < 4.78 is 0. The topological polar surface area (TPSA) is 74.7 Å². The predicted octanol–water partition coefficient (Wildman–Crippen LogP) is 0.0411. The van der Waals surface area contributed by atoms with Gasteiger partial charge in [-0.1, -0.05) is 0 Å². The first-order valence-electron chi connectivity index (χ1n) is 4.45. The number of likely N-dealkylation sites (tertiary alicyclic amines) is 1. The van der Waals surface area contributed by atoms with Gasteiger partial charge in [-0.2, -0.15) is 0 Å². The maximum absolute atomic E-state index is 11.4. The minimum atomic E-state index is -1.21. The second-order valence-corrected chi connectivity index (χ2v) is 3.70. The number of carboxylic acids is 1. The molecule has 0 bridgehead atoms. The molecular formula is C9H13NO4. The molecule has 1 aliphatic rings. The van der Waals surface area contributed by atoms with Crippen LogP contribution in [0.4, 0.5) is 0 Å². The van der Waals surface area contributed by atoms with Crippen molar-refractivity contribution >= 4 is 17.7 Å². The van der Waals surface area contributed by atoms with E-state index in [2.05, 4.69) is 0 Å². The maximum Gasteiger partial charge on any atom is 0.329 e. The fraction of sp³-hybridized carbons (Fsp3) is 0.667. The van der Waals surface area contributed by atoms with Gasteiger partial charge in [0.15, 0.2) is 0 Å². The van der Waals surface area contributed by atoms with E-state index in [9.17, 15) is 14.4 Å². The summed E-state index contributed by atoms with van der Waals surface area (Å²) in [5, 5.41) is 8.97. The molecule has 5 heteroatoms. The van der Waals surface area contributed by atoms with E-state index in [0.717, 1.165) is 11.8 Å². The zero-order valence-electron chi connectivity index (χ0n) is 8.24. The Morgan fingerprint density at radius 3 is 2.36 bits per heavy atom. The summed E-state index contributed by atoms with van der Waals surface area (Å²) in [6.07, 6.45) is 1.03. The van der Waals surface area contributed by atoms with E-state index in [0.29, 0.717) is 19.4 Å². The van der Waals surface area contributed by atoms with Crippen LogP contribution >= 0.6 is 0 Å². The molecule has 0 aromatic carbocycles. The van der Waals surface area contributed by atoms with E-state index in [-0.39, 0.29) is 0 Å². The molecule has 1 atom stereocenters. The molecular weight excluding hydrogens is 186 g/mol. The van der Waals surface area contributed by atoms with Crippen LogP contribution in [0.5, 0.6) is 0 Å². The van der Waals surface area contributed by atoms with E-state index in [1.165, 1.54) is 6.92 Å². The molecule has 78 valence electrons. The number of hydrogen-bond acceptors (Lipinski definition) is 3. The number of carboxylic acid groups (broad SMARTS) is 1. The van der Waals surface area contributed by atoms with Gasteiger partial charge in [0, 0.05) is 13.5 Å². The molecule has 1 fully saturated rings. The Labute approximate surface area is 81.7 Å². The highest BCUT2D eigenvalue weighted by atomic mass is 16.4. The van der Waals surface area contributed by atoms with Crippen LogP contribution in [0.1, 0.15) is 26.7 Å². The number of ketones is 1. The Morgan fingerprint density at radius 2 is 1.93 bits per heavy atom. The smallest absolute Gasteiger partial charge is 0.329 e. The fourth-order valence-corrected chi connectivity index (χ4v) is 1.70. The second kappa shape index (κ2) is 3.40. The SMILES string of the molecule is CC(=O)C(=O)N1CCCC1(C)C(=O)O. The first kappa shape index (κ1) is 10.7. The van der Waals surface area contributed by atoms with Gasteiger partial charge >= 0.3 is 5.97 Å². The Kier molecular flexibility index (Phi) is 2.59. The summed E-state index contributed by atoms with van der Waals surface area (Å²) in [5.41, 5.74) is -1.21. The third-order valence-corrected chi connectivity index (χ3v) is 2.65. The van der Waals surface area contributed by atoms with Crippen LogP contribution < -0.4 is 0 Å². The average molecular weight is 199 g/mol. The van der Waals surface area contributed by atoms with Crippen molar-refractivity contribution in [1.82, 2.24) is 4.90 Å². The lowest BCUT2D eigenvalue weighted by Gasteiger charge is -2.30. The lowest BCUT2D eigenvalue weighted by molar-refractivity contribution is -0.157. The van der Waals surface area contributed by atoms with Crippen molar-refractivity contribution in [2.24, 2.45) is 0 Å². The minimum absolute atomic E-state index is 0.348. The third-order valence-electron chi connectivity index (χ3n) is 2.65. The van der Waals surface area contributed by atoms with Gasteiger partial charge in [0.2, 0.25) is 5.78 Å². The van der Waals surface area contributed by atoms with Crippen molar-refractivity contribution in [3.8, 4) is 0 Å². The molecule has 0 spiro atoms. The molecule has 0 aromatic heterocycles. The molecule has 0 aromatic rings. The van der Waals surface area contributed by atoms with Crippen molar-refractivity contribution < 1.29 is 19.5 Å². The molecule has 14 heavy (non-hydrogen) atoms. The molecule has 1 aliphatic heterocycles. The van der Waals surface area contributed by atoms with Crippen LogP contribution in [-0.2, 0) is 14.4 Å². The van der Waals surface area contributed by atoms with Gasteiger partial charge in [-0.3, -0.25) is 9.59 Å². The molecule has 1 N–H and O–H groups in total. The summed E-state index contributed by atoms with van der Waals surface area (Å²) >= 11 is 0. The zero-order chi connectivity index (χ0) is 10.9. The number of carbonyl (C=O) groups excluding carboxylic acids is 2. The lowest BCUT2D eigenvalue weighted by Crippen LogP contribution is -2.52. The summed E-state index contributed by atoms with van der Waals surface area (Å²) in [4.78, 5) is 34.3. The molecule has 1 saturated heterocycles. The van der Waals surface area contributed by atoms with Crippen molar-refractivity contribution in [1.29, 1.82) is 0 Å². The number of amides is 1. The van der Waals surface area contributed by atoms with Gasteiger partial charge in [0.1, 0.15) is 5.54 Å². The number of carbonyl (C=O) groups is 3. The highest BCUT2D eigenvalue weighted by Crippen LogP contribution is 2.29. The molecule has 0 radical (unpaired) electrons. The van der Waals surface area contributed by atoms with Crippen LogP contribution in [0, 0.1) is 0 Å². The molecule has 1 heterocycles. The lowest BCUT2D eigenvalue weighted by atomic mass is 9.99. The summed E-state index contributed by atoms with van der Waals surface area (Å²) in [6, 6.07) is 0. The summed E-state index contributed by atoms with van der Waals surface area (Å²) in [5.74, 6) is -2.36. The molecule has 1 rings (SSSR count). The van der Waals surface area contributed by atoms with Crippen LogP contribution in [-0.4, -0.2) is 39.7 Å². The van der Waals surface area contributed by atoms with E-state index in [4.69, 9.17) is 5.11 Å². The van der Waals surface area contributed by atoms with Crippen molar-refractivity contribution in [2.45, 2.75) is 32.2 Å². The highest BCUT2D eigenvalue weighted by molar-refractivity contribution is 6.35. The Bertz CT molecular complexity index is 299. The summed E-state index contributed by atoms with van der Waals surface area (Å²) in [6.45, 7) is 2.98. The van der Waals surface area contributed by atoms with E-state index >= 15 is 0 Å². The Balaban J connectivity index is 2.94. The fourth-order valence-electron chi connectivity index (χ4n) is 1.70. The normalized spacial score (nSPS) is 26.3. The Hall–Kier alpha value is -1.39. The van der Waals surface area contributed by atoms with Gasteiger partial charge in [-0.15, -0.1) is 0 Å². The molecule has 1 amide bonds. The van der Waals surface area contributed by atoms with Crippen molar-refractivity contribution in [3.05, 3.63) is 0 Å². The average Bonchev–Trinajstić information content (AvgIpc) is 2.47. The zero-order valence-corrected chi connectivity index (χ0v) is 8.24. The molecule has 0 saturated carbocycles. The second-order valence-electron chi connectivity index (χ2n) is 3.70. The van der Waals surface area contributed by atoms with Gasteiger partial charge in [-0.25, -0.2) is 4.79 Å². The monoisotopic (exact) mass is 199 g/mol. The number of Topliss-reactive ketones (excluding diaryl/α,β-unsaturated/α-hetero) is 1. The van der Waals surface area contributed by atoms with E-state index in [1.807, 2.05) is 0 Å². The molecule has 1 unspecified atom stereocenters. The van der Waals surface area contributed by atoms with Gasteiger partial charge < -0.3 is 10.0 Å². The number of rotatable bonds is 2. The van der Waals surface area contributed by atoms with E-state index < -0.39 is 23.2 Å². The largest absolute Gasteiger partial charge is 0.480 e. The van der Waals surface area contributed by atoms with Crippen LogP contribution in [0.2, 0.25) is 0 Å². The van der Waals surface area contributed by atoms with Crippen molar-refractivity contribution in [3.63, 3.8) is 0 Å². The highest BCUT2D eigenvalue weighted by Gasteiger charge is 2.46. The Morgan fingerprint density at radius 1 is 1.36 bits per heavy atom. The van der Waals surface area contributed by atoms with Crippen molar-refractivity contribution in [2.75, 3.05) is 6.54 Å². The van der Waals surface area contributed by atoms with Crippen LogP contribution in [0.15, 0.2) is 0 Å². The standard InChI is InChI=1S/C9H13NO4/c1-6(11)7(12)10-5-3-4-9(10,2)8(13)14/h3-5H2,1-2H3,(H,13,14). The summed E-state index contributed by atoms with van der Waals surface area (Å²) in [7, 11) is 0. The molecule has 0 aliphatic carbocycles. The minimum Gasteiger partial charge on any atom is -0.480 e. The number of nitrogens with zero attached hydrogens (tertiary/aromatic N) is 1. The first-order valence-corrected chi connectivity index (χ1v) is 4.45. The molecule has 5 nitrogen and oxygen atoms in total. The number of aliphatic carboxylic acids is 1. The van der Waals surface area contributed by atoms with E-state index in [1.54, 1.807) is 0 Å². The maximum atomic E-state index is 11.4. The quantitative estimate of drug-likeness (QED) is 0.637. The van der Waals surface area contributed by atoms with Gasteiger partial charge in [0.05, 0.1) is 0 Å². The number of hydrogen-bond donors (Lipinski definition) is 1.